The lowest BCUT2D eigenvalue weighted by Crippen LogP contribution is -2.11. The molecular weight excluding hydrogens is 454 g/mol. The summed E-state index contributed by atoms with van der Waals surface area (Å²) in [5.41, 5.74) is 3.62. The largest absolute Gasteiger partial charge is 0.504 e. The third kappa shape index (κ3) is 4.88. The van der Waals surface area contributed by atoms with Crippen molar-refractivity contribution in [1.82, 2.24) is 4.98 Å². The molecule has 1 atom stereocenters. The van der Waals surface area contributed by atoms with Crippen LogP contribution in [-0.2, 0) is 20.8 Å². The SMILES string of the molecule is COc1ccc(C2=CC(=C=O)C(=C=O)C(=C=O)C2)c(C(CCc2ccccc2)c2cccnc2)c1O. The van der Waals surface area contributed by atoms with Crippen molar-refractivity contribution in [2.75, 3.05) is 7.11 Å². The molecule has 36 heavy (non-hydrogen) atoms. The molecule has 3 aromatic rings. The summed E-state index contributed by atoms with van der Waals surface area (Å²) in [6, 6.07) is 17.2. The molecular formula is C30H23NO5. The number of hydrogen-bond acceptors (Lipinski definition) is 6. The molecule has 0 radical (unpaired) electrons. The van der Waals surface area contributed by atoms with Crippen molar-refractivity contribution in [3.05, 3.63) is 112 Å². The second kappa shape index (κ2) is 11.1. The number of rotatable bonds is 7. The quantitative estimate of drug-likeness (QED) is 0.499. The van der Waals surface area contributed by atoms with Gasteiger partial charge in [-0.15, -0.1) is 0 Å². The van der Waals surface area contributed by atoms with Gasteiger partial charge in [-0.05, 0) is 53.3 Å². The highest BCUT2D eigenvalue weighted by Gasteiger charge is 2.29. The Balaban J connectivity index is 1.92. The van der Waals surface area contributed by atoms with E-state index in [4.69, 9.17) is 4.74 Å². The summed E-state index contributed by atoms with van der Waals surface area (Å²) in [6.07, 6.45) is 6.38. The molecule has 6 nitrogen and oxygen atoms in total. The van der Waals surface area contributed by atoms with Crippen molar-refractivity contribution < 1.29 is 24.2 Å². The van der Waals surface area contributed by atoms with Gasteiger partial charge in [-0.1, -0.05) is 42.5 Å². The first-order valence-corrected chi connectivity index (χ1v) is 11.4. The Labute approximate surface area is 208 Å². The molecule has 2 aromatic carbocycles. The number of aromatic hydroxyl groups is 1. The molecule has 1 unspecified atom stereocenters. The highest BCUT2D eigenvalue weighted by atomic mass is 16.5. The molecule has 1 aromatic heterocycles. The molecule has 1 aliphatic carbocycles. The highest BCUT2D eigenvalue weighted by molar-refractivity contribution is 5.93. The first-order chi connectivity index (χ1) is 17.6. The summed E-state index contributed by atoms with van der Waals surface area (Å²) < 4.78 is 5.42. The molecule has 1 aliphatic rings. The van der Waals surface area contributed by atoms with Gasteiger partial charge in [0.25, 0.3) is 0 Å². The van der Waals surface area contributed by atoms with Crippen LogP contribution in [0, 0.1) is 0 Å². The Morgan fingerprint density at radius 1 is 1.00 bits per heavy atom. The highest BCUT2D eigenvalue weighted by Crippen LogP contribution is 2.46. The molecule has 0 bridgehead atoms. The summed E-state index contributed by atoms with van der Waals surface area (Å²) in [5, 5.41) is 11.4. The minimum Gasteiger partial charge on any atom is -0.504 e. The Morgan fingerprint density at radius 3 is 2.44 bits per heavy atom. The number of hydrogen-bond donors (Lipinski definition) is 1. The summed E-state index contributed by atoms with van der Waals surface area (Å²) in [5.74, 6) is 5.11. The molecule has 178 valence electrons. The average molecular weight is 478 g/mol. The van der Waals surface area contributed by atoms with Crippen LogP contribution in [-0.4, -0.2) is 35.0 Å². The third-order valence-electron chi connectivity index (χ3n) is 6.34. The Hall–Kier alpha value is -4.72. The number of aromatic nitrogens is 1. The lowest BCUT2D eigenvalue weighted by Gasteiger charge is -2.26. The van der Waals surface area contributed by atoms with Gasteiger partial charge < -0.3 is 9.84 Å². The number of benzene rings is 2. The molecule has 0 saturated heterocycles. The normalized spacial score (nSPS) is 13.8. The maximum atomic E-state index is 11.6. The van der Waals surface area contributed by atoms with Crippen LogP contribution in [0.5, 0.6) is 11.5 Å². The van der Waals surface area contributed by atoms with Gasteiger partial charge in [0, 0.05) is 30.3 Å². The monoisotopic (exact) mass is 477 g/mol. The number of carbonyl (C=O) groups excluding carboxylic acids is 3. The lowest BCUT2D eigenvalue weighted by atomic mass is 9.78. The van der Waals surface area contributed by atoms with Crippen molar-refractivity contribution >= 4 is 23.4 Å². The number of pyridine rings is 1. The van der Waals surface area contributed by atoms with Gasteiger partial charge in [0.05, 0.1) is 23.8 Å². The van der Waals surface area contributed by atoms with E-state index in [1.54, 1.807) is 42.4 Å². The van der Waals surface area contributed by atoms with Gasteiger partial charge in [-0.2, -0.15) is 0 Å². The van der Waals surface area contributed by atoms with E-state index < -0.39 is 0 Å². The van der Waals surface area contributed by atoms with E-state index in [1.165, 1.54) is 13.2 Å². The number of ether oxygens (including phenoxy) is 1. The second-order valence-electron chi connectivity index (χ2n) is 8.36. The molecule has 0 aliphatic heterocycles. The topological polar surface area (TPSA) is 93.6 Å². The standard InChI is InChI=1S/C30H23NO5/c1-36-28-12-11-26(22-14-23(17-32)27(19-34)24(15-22)18-33)29(30(28)35)25(21-8-5-13-31-16-21)10-9-20-6-3-2-4-7-20/h2-8,11-14,16,25,35H,9-10,15H2,1H3. The smallest absolute Gasteiger partial charge is 0.162 e. The van der Waals surface area contributed by atoms with Crippen LogP contribution in [0.3, 0.4) is 0 Å². The first kappa shape index (κ1) is 24.4. The number of allylic oxidation sites excluding steroid dienone is 5. The maximum absolute atomic E-state index is 11.6. The summed E-state index contributed by atoms with van der Waals surface area (Å²) in [7, 11) is 1.48. The van der Waals surface area contributed by atoms with Crippen molar-refractivity contribution in [3.8, 4) is 11.5 Å². The van der Waals surface area contributed by atoms with Crippen LogP contribution in [0.25, 0.3) is 5.57 Å². The number of phenols is 1. The fraction of sp³-hybridized carbons (Fsp3) is 0.167. The molecule has 6 heteroatoms. The Morgan fingerprint density at radius 2 is 1.81 bits per heavy atom. The number of methoxy groups -OCH3 is 1. The van der Waals surface area contributed by atoms with E-state index in [0.29, 0.717) is 28.9 Å². The van der Waals surface area contributed by atoms with Gasteiger partial charge in [0.2, 0.25) is 0 Å². The zero-order valence-corrected chi connectivity index (χ0v) is 19.7. The number of nitrogens with zero attached hydrogens (tertiary/aromatic N) is 1. The number of phenolic OH excluding ortho intramolecular Hbond substituents is 1. The van der Waals surface area contributed by atoms with Crippen LogP contribution < -0.4 is 4.74 Å². The molecule has 0 spiro atoms. The molecule has 0 amide bonds. The summed E-state index contributed by atoms with van der Waals surface area (Å²) in [6.45, 7) is 0. The van der Waals surface area contributed by atoms with Crippen molar-refractivity contribution in [1.29, 1.82) is 0 Å². The second-order valence-corrected chi connectivity index (χ2v) is 8.36. The van der Waals surface area contributed by atoms with Crippen molar-refractivity contribution in [2.45, 2.75) is 25.2 Å². The van der Waals surface area contributed by atoms with Gasteiger partial charge >= 0.3 is 0 Å². The Bertz CT molecular complexity index is 1450. The van der Waals surface area contributed by atoms with E-state index in [9.17, 15) is 19.5 Å². The predicted octanol–water partition coefficient (Wildman–Crippen LogP) is 4.62. The summed E-state index contributed by atoms with van der Waals surface area (Å²) >= 11 is 0. The number of aryl methyl sites for hydroxylation is 1. The van der Waals surface area contributed by atoms with Crippen LogP contribution in [0.2, 0.25) is 0 Å². The average Bonchev–Trinajstić information content (AvgIpc) is 2.94. The third-order valence-corrected chi connectivity index (χ3v) is 6.34. The zero-order chi connectivity index (χ0) is 25.5. The van der Waals surface area contributed by atoms with E-state index in [1.807, 2.05) is 42.5 Å². The molecule has 4 rings (SSSR count). The first-order valence-electron chi connectivity index (χ1n) is 11.4. The molecule has 1 N–H and O–H groups in total. The zero-order valence-electron chi connectivity index (χ0n) is 19.7. The maximum Gasteiger partial charge on any atom is 0.162 e. The van der Waals surface area contributed by atoms with E-state index >= 15 is 0 Å². The minimum atomic E-state index is -0.291. The van der Waals surface area contributed by atoms with Crippen LogP contribution in [0.15, 0.2) is 89.8 Å². The van der Waals surface area contributed by atoms with Crippen molar-refractivity contribution in [2.24, 2.45) is 0 Å². The van der Waals surface area contributed by atoms with Crippen LogP contribution in [0.1, 0.15) is 41.0 Å². The van der Waals surface area contributed by atoms with Gasteiger partial charge in [-0.25, -0.2) is 14.4 Å². The van der Waals surface area contributed by atoms with E-state index in [2.05, 4.69) is 4.98 Å². The lowest BCUT2D eigenvalue weighted by molar-refractivity contribution is 0.369. The van der Waals surface area contributed by atoms with Crippen molar-refractivity contribution in [3.63, 3.8) is 0 Å². The van der Waals surface area contributed by atoms with Gasteiger partial charge in [0.1, 0.15) is 17.8 Å². The van der Waals surface area contributed by atoms with E-state index in [0.717, 1.165) is 17.5 Å². The van der Waals surface area contributed by atoms with Gasteiger partial charge in [0.15, 0.2) is 11.5 Å². The predicted molar refractivity (Wildman–Crippen MR) is 136 cm³/mol. The molecule has 0 fully saturated rings. The van der Waals surface area contributed by atoms with Gasteiger partial charge in [-0.3, -0.25) is 4.98 Å². The molecule has 1 heterocycles. The molecule has 0 saturated carbocycles. The Kier molecular flexibility index (Phi) is 7.55. The fourth-order valence-electron chi connectivity index (χ4n) is 4.60. The van der Waals surface area contributed by atoms with Crippen LogP contribution in [0.4, 0.5) is 0 Å². The van der Waals surface area contributed by atoms with E-state index in [-0.39, 0.29) is 34.8 Å². The van der Waals surface area contributed by atoms with Crippen LogP contribution >= 0.6 is 0 Å². The summed E-state index contributed by atoms with van der Waals surface area (Å²) in [4.78, 5) is 38.9. The minimum absolute atomic E-state index is 0.0179. The fourth-order valence-corrected chi connectivity index (χ4v) is 4.60.